The lowest BCUT2D eigenvalue weighted by atomic mass is 10.3. The zero-order chi connectivity index (χ0) is 5.98. The van der Waals surface area contributed by atoms with Gasteiger partial charge < -0.3 is 5.73 Å². The van der Waals surface area contributed by atoms with Gasteiger partial charge in [0.25, 0.3) is 0 Å². The molecule has 0 aliphatic carbocycles. The van der Waals surface area contributed by atoms with Crippen LogP contribution in [0.1, 0.15) is 12.8 Å². The average molecular weight is 131 g/mol. The molecule has 0 saturated heterocycles. The summed E-state index contributed by atoms with van der Waals surface area (Å²) in [4.78, 5) is 3.81. The Labute approximate surface area is 53.0 Å². The number of rotatable bonds is 0. The van der Waals surface area contributed by atoms with E-state index in [1.54, 1.807) is 6.21 Å². The van der Waals surface area contributed by atoms with E-state index < -0.39 is 0 Å². The van der Waals surface area contributed by atoms with Gasteiger partial charge in [0, 0.05) is 6.21 Å². The first-order chi connectivity index (χ1) is 3.80. The van der Waals surface area contributed by atoms with Crippen LogP contribution in [0.3, 0.4) is 0 Å². The number of aliphatic imine (C=N–C) groups is 1. The molecule has 1 aliphatic heterocycles. The first-order valence-corrected chi connectivity index (χ1v) is 2.85. The SMILES string of the molecule is NC1=C(Cl)CCC=N1. The van der Waals surface area contributed by atoms with Crippen molar-refractivity contribution in [2.75, 3.05) is 0 Å². The van der Waals surface area contributed by atoms with E-state index in [0.717, 1.165) is 12.8 Å². The fourth-order valence-electron chi connectivity index (χ4n) is 0.552. The minimum atomic E-state index is 0.470. The number of halogens is 1. The van der Waals surface area contributed by atoms with Crippen LogP contribution in [0.4, 0.5) is 0 Å². The number of hydrogen-bond donors (Lipinski definition) is 1. The molecule has 2 N–H and O–H groups in total. The largest absolute Gasteiger partial charge is 0.383 e. The lowest BCUT2D eigenvalue weighted by molar-refractivity contribution is 1.01. The van der Waals surface area contributed by atoms with Crippen molar-refractivity contribution in [3.8, 4) is 0 Å². The van der Waals surface area contributed by atoms with E-state index in [2.05, 4.69) is 4.99 Å². The highest BCUT2D eigenvalue weighted by atomic mass is 35.5. The molecule has 0 unspecified atom stereocenters. The molecule has 0 bridgehead atoms. The van der Waals surface area contributed by atoms with Crippen molar-refractivity contribution in [2.24, 2.45) is 10.7 Å². The van der Waals surface area contributed by atoms with Crippen LogP contribution in [0.5, 0.6) is 0 Å². The summed E-state index contributed by atoms with van der Waals surface area (Å²) in [6, 6.07) is 0. The van der Waals surface area contributed by atoms with Crippen LogP contribution in [0.25, 0.3) is 0 Å². The fraction of sp³-hybridized carbons (Fsp3) is 0.400. The molecular formula is C5H7ClN2. The van der Waals surface area contributed by atoms with Gasteiger partial charge in [-0.1, -0.05) is 11.6 Å². The van der Waals surface area contributed by atoms with Gasteiger partial charge in [-0.15, -0.1) is 0 Å². The smallest absolute Gasteiger partial charge is 0.137 e. The Morgan fingerprint density at radius 1 is 1.75 bits per heavy atom. The first kappa shape index (κ1) is 5.63. The van der Waals surface area contributed by atoms with E-state index >= 15 is 0 Å². The van der Waals surface area contributed by atoms with Gasteiger partial charge in [-0.2, -0.15) is 0 Å². The molecule has 0 aromatic heterocycles. The molecule has 2 nitrogen and oxygen atoms in total. The zero-order valence-electron chi connectivity index (χ0n) is 4.39. The summed E-state index contributed by atoms with van der Waals surface area (Å²) < 4.78 is 0. The van der Waals surface area contributed by atoms with E-state index in [1.807, 2.05) is 0 Å². The van der Waals surface area contributed by atoms with Gasteiger partial charge in [0.15, 0.2) is 0 Å². The highest BCUT2D eigenvalue weighted by Gasteiger charge is 2.01. The summed E-state index contributed by atoms with van der Waals surface area (Å²) >= 11 is 5.61. The Hall–Kier alpha value is -0.500. The van der Waals surface area contributed by atoms with Gasteiger partial charge in [-0.25, -0.2) is 4.99 Å². The van der Waals surface area contributed by atoms with Crippen molar-refractivity contribution >= 4 is 17.8 Å². The van der Waals surface area contributed by atoms with Crippen LogP contribution in [-0.4, -0.2) is 6.21 Å². The molecule has 1 rings (SSSR count). The van der Waals surface area contributed by atoms with Crippen LogP contribution in [0, 0.1) is 0 Å². The molecular weight excluding hydrogens is 124 g/mol. The third-order valence-corrected chi connectivity index (χ3v) is 1.38. The second-order valence-corrected chi connectivity index (χ2v) is 2.10. The quantitative estimate of drug-likeness (QED) is 0.526. The highest BCUT2D eigenvalue weighted by molar-refractivity contribution is 6.30. The minimum absolute atomic E-state index is 0.470. The monoisotopic (exact) mass is 130 g/mol. The first-order valence-electron chi connectivity index (χ1n) is 2.47. The van der Waals surface area contributed by atoms with Crippen molar-refractivity contribution in [1.29, 1.82) is 0 Å². The van der Waals surface area contributed by atoms with Gasteiger partial charge in [0.2, 0.25) is 0 Å². The minimum Gasteiger partial charge on any atom is -0.383 e. The van der Waals surface area contributed by atoms with Crippen LogP contribution in [0.15, 0.2) is 15.8 Å². The van der Waals surface area contributed by atoms with E-state index in [1.165, 1.54) is 0 Å². The molecule has 0 amide bonds. The van der Waals surface area contributed by atoms with Crippen LogP contribution < -0.4 is 5.73 Å². The van der Waals surface area contributed by atoms with Crippen molar-refractivity contribution in [3.63, 3.8) is 0 Å². The van der Waals surface area contributed by atoms with Crippen LogP contribution in [0.2, 0.25) is 0 Å². The van der Waals surface area contributed by atoms with Gasteiger partial charge in [-0.3, -0.25) is 0 Å². The Morgan fingerprint density at radius 3 is 2.88 bits per heavy atom. The Bertz CT molecular complexity index is 149. The molecule has 0 saturated carbocycles. The Kier molecular flexibility index (Phi) is 1.53. The molecule has 1 heterocycles. The van der Waals surface area contributed by atoms with Gasteiger partial charge in [-0.05, 0) is 12.8 Å². The zero-order valence-corrected chi connectivity index (χ0v) is 5.15. The van der Waals surface area contributed by atoms with Crippen molar-refractivity contribution in [3.05, 3.63) is 10.9 Å². The summed E-state index contributed by atoms with van der Waals surface area (Å²) in [6.45, 7) is 0. The van der Waals surface area contributed by atoms with Crippen molar-refractivity contribution in [2.45, 2.75) is 12.8 Å². The molecule has 1 aliphatic rings. The Morgan fingerprint density at radius 2 is 2.50 bits per heavy atom. The summed E-state index contributed by atoms with van der Waals surface area (Å²) in [6.07, 6.45) is 3.54. The molecule has 0 spiro atoms. The topological polar surface area (TPSA) is 38.4 Å². The number of hydrogen-bond acceptors (Lipinski definition) is 2. The van der Waals surface area contributed by atoms with Crippen molar-refractivity contribution in [1.82, 2.24) is 0 Å². The molecule has 44 valence electrons. The molecule has 0 aromatic carbocycles. The van der Waals surface area contributed by atoms with E-state index in [4.69, 9.17) is 17.3 Å². The number of nitrogens with two attached hydrogens (primary N) is 1. The van der Waals surface area contributed by atoms with E-state index in [0.29, 0.717) is 10.9 Å². The lowest BCUT2D eigenvalue weighted by Crippen LogP contribution is -2.01. The molecule has 0 fully saturated rings. The molecule has 8 heavy (non-hydrogen) atoms. The number of allylic oxidation sites excluding steroid dienone is 1. The second kappa shape index (κ2) is 2.18. The van der Waals surface area contributed by atoms with Crippen LogP contribution >= 0.6 is 11.6 Å². The second-order valence-electron chi connectivity index (χ2n) is 1.64. The predicted octanol–water partition coefficient (Wildman–Crippen LogP) is 1.22. The van der Waals surface area contributed by atoms with E-state index in [9.17, 15) is 0 Å². The maximum atomic E-state index is 5.61. The molecule has 3 heteroatoms. The Balaban J connectivity index is 2.76. The number of nitrogens with zero attached hydrogens (tertiary/aromatic N) is 1. The fourth-order valence-corrected chi connectivity index (χ4v) is 0.710. The summed E-state index contributed by atoms with van der Waals surface area (Å²) in [7, 11) is 0. The van der Waals surface area contributed by atoms with E-state index in [-0.39, 0.29) is 0 Å². The third-order valence-electron chi connectivity index (χ3n) is 1.00. The van der Waals surface area contributed by atoms with Gasteiger partial charge >= 0.3 is 0 Å². The summed E-state index contributed by atoms with van der Waals surface area (Å²) in [5, 5.41) is 0.688. The third kappa shape index (κ3) is 1.01. The lowest BCUT2D eigenvalue weighted by Gasteiger charge is -2.02. The normalized spacial score (nSPS) is 19.6. The summed E-state index contributed by atoms with van der Waals surface area (Å²) in [5.74, 6) is 0.470. The average Bonchev–Trinajstić information content (AvgIpc) is 1.77. The molecule has 0 radical (unpaired) electrons. The summed E-state index contributed by atoms with van der Waals surface area (Å²) in [5.41, 5.74) is 5.33. The maximum Gasteiger partial charge on any atom is 0.137 e. The van der Waals surface area contributed by atoms with Gasteiger partial charge in [0.1, 0.15) is 5.82 Å². The molecule has 0 atom stereocenters. The standard InChI is InChI=1S/C5H7ClN2/c6-4-2-1-3-8-5(4)7/h3H,1-2,7H2. The van der Waals surface area contributed by atoms with Crippen LogP contribution in [-0.2, 0) is 0 Å². The molecule has 0 aromatic rings. The van der Waals surface area contributed by atoms with Gasteiger partial charge in [0.05, 0.1) is 5.03 Å². The maximum absolute atomic E-state index is 5.61. The predicted molar refractivity (Wildman–Crippen MR) is 34.8 cm³/mol. The highest BCUT2D eigenvalue weighted by Crippen LogP contribution is 2.15. The van der Waals surface area contributed by atoms with Crippen molar-refractivity contribution < 1.29 is 0 Å².